The zero-order valence-corrected chi connectivity index (χ0v) is 13.7. The molecule has 7 heteroatoms. The highest BCUT2D eigenvalue weighted by Gasteiger charge is 2.15. The molecular weight excluding hydrogens is 380 g/mol. The minimum absolute atomic E-state index is 0.112. The zero-order valence-electron chi connectivity index (χ0n) is 10.5. The summed E-state index contributed by atoms with van der Waals surface area (Å²) in [5.74, 6) is 0.0617. The van der Waals surface area contributed by atoms with Gasteiger partial charge in [0, 0.05) is 33.5 Å². The summed E-state index contributed by atoms with van der Waals surface area (Å²) in [4.78, 5) is 22.3. The van der Waals surface area contributed by atoms with Gasteiger partial charge in [0.1, 0.15) is 0 Å². The number of hydrogen-bond donors (Lipinski definition) is 1. The molecule has 5 nitrogen and oxygen atoms in total. The fourth-order valence-corrected chi connectivity index (χ4v) is 1.98. The van der Waals surface area contributed by atoms with Gasteiger partial charge < -0.3 is 5.32 Å². The van der Waals surface area contributed by atoms with Gasteiger partial charge in [0.15, 0.2) is 0 Å². The zero-order chi connectivity index (χ0) is 14.6. The van der Waals surface area contributed by atoms with Crippen molar-refractivity contribution in [2.24, 2.45) is 5.92 Å². The Bertz CT molecular complexity index is 492. The van der Waals surface area contributed by atoms with Gasteiger partial charge in [0.05, 0.1) is 4.92 Å². The third kappa shape index (κ3) is 4.91. The Kier molecular flexibility index (Phi) is 5.93. The molecule has 0 aliphatic rings. The number of hydrogen-bond acceptors (Lipinski definition) is 3. The van der Waals surface area contributed by atoms with Gasteiger partial charge in [0.25, 0.3) is 11.6 Å². The second kappa shape index (κ2) is 7.00. The fourth-order valence-electron chi connectivity index (χ4n) is 1.34. The van der Waals surface area contributed by atoms with Crippen molar-refractivity contribution < 1.29 is 9.72 Å². The van der Waals surface area contributed by atoms with Crippen LogP contribution in [0.3, 0.4) is 0 Å². The van der Waals surface area contributed by atoms with Crippen LogP contribution in [0.15, 0.2) is 22.7 Å². The lowest BCUT2D eigenvalue weighted by Crippen LogP contribution is -2.31. The van der Waals surface area contributed by atoms with Gasteiger partial charge in [-0.05, 0) is 12.0 Å². The number of carbonyl (C=O) groups excluding carboxylic acids is 1. The van der Waals surface area contributed by atoms with E-state index in [1.807, 2.05) is 13.8 Å². The first-order chi connectivity index (χ1) is 8.81. The van der Waals surface area contributed by atoms with Crippen LogP contribution in [0.5, 0.6) is 0 Å². The Morgan fingerprint density at radius 1 is 1.42 bits per heavy atom. The van der Waals surface area contributed by atoms with Crippen LogP contribution in [0, 0.1) is 16.0 Å². The third-order valence-corrected chi connectivity index (χ3v) is 4.38. The summed E-state index contributed by atoms with van der Waals surface area (Å²) in [5.41, 5.74) is 0.156. The van der Waals surface area contributed by atoms with Crippen molar-refractivity contribution in [3.05, 3.63) is 38.3 Å². The van der Waals surface area contributed by atoms with Gasteiger partial charge in [-0.2, -0.15) is 0 Å². The van der Waals surface area contributed by atoms with Crippen LogP contribution in [0.25, 0.3) is 0 Å². The molecule has 0 fully saturated rings. The fraction of sp³-hybridized carbons (Fsp3) is 0.417. The second-order valence-electron chi connectivity index (χ2n) is 4.43. The second-order valence-corrected chi connectivity index (χ2v) is 6.52. The predicted molar refractivity (Wildman–Crippen MR) is 80.7 cm³/mol. The molecule has 0 saturated heterocycles. The molecule has 19 heavy (non-hydrogen) atoms. The molecule has 0 saturated carbocycles. The van der Waals surface area contributed by atoms with Crippen LogP contribution >= 0.6 is 31.9 Å². The Hall–Kier alpha value is -0.950. The largest absolute Gasteiger partial charge is 0.351 e. The van der Waals surface area contributed by atoms with Crippen molar-refractivity contribution in [3.63, 3.8) is 0 Å². The van der Waals surface area contributed by atoms with Crippen molar-refractivity contribution in [2.45, 2.75) is 18.7 Å². The van der Waals surface area contributed by atoms with E-state index in [-0.39, 0.29) is 22.0 Å². The molecule has 0 spiro atoms. The normalized spacial score (nSPS) is 12.3. The Morgan fingerprint density at radius 2 is 2.05 bits per heavy atom. The molecule has 1 atom stereocenters. The summed E-state index contributed by atoms with van der Waals surface area (Å²) >= 11 is 6.62. The number of alkyl halides is 1. The molecule has 1 amide bonds. The van der Waals surface area contributed by atoms with Gasteiger partial charge >= 0.3 is 0 Å². The SMILES string of the molecule is CC(C)C(Br)CNC(=O)c1cc(Br)cc([N+](=O)[O-])c1. The highest BCUT2D eigenvalue weighted by Crippen LogP contribution is 2.21. The molecule has 0 bridgehead atoms. The van der Waals surface area contributed by atoms with Crippen molar-refractivity contribution in [2.75, 3.05) is 6.54 Å². The van der Waals surface area contributed by atoms with Gasteiger partial charge in [-0.1, -0.05) is 45.7 Å². The minimum Gasteiger partial charge on any atom is -0.351 e. The maximum Gasteiger partial charge on any atom is 0.271 e. The van der Waals surface area contributed by atoms with E-state index in [0.717, 1.165) is 0 Å². The highest BCUT2D eigenvalue weighted by atomic mass is 79.9. The van der Waals surface area contributed by atoms with E-state index < -0.39 is 4.92 Å². The maximum atomic E-state index is 11.9. The van der Waals surface area contributed by atoms with Gasteiger partial charge in [-0.25, -0.2) is 0 Å². The van der Waals surface area contributed by atoms with Crippen molar-refractivity contribution in [3.8, 4) is 0 Å². The van der Waals surface area contributed by atoms with Crippen LogP contribution < -0.4 is 5.32 Å². The molecule has 0 heterocycles. The Balaban J connectivity index is 2.80. The third-order valence-electron chi connectivity index (χ3n) is 2.54. The monoisotopic (exact) mass is 392 g/mol. The van der Waals surface area contributed by atoms with E-state index in [0.29, 0.717) is 16.9 Å². The lowest BCUT2D eigenvalue weighted by Gasteiger charge is -2.14. The molecule has 1 aromatic carbocycles. The van der Waals surface area contributed by atoms with Crippen LogP contribution in [-0.4, -0.2) is 22.2 Å². The summed E-state index contributed by atoms with van der Waals surface area (Å²) in [5, 5.41) is 13.5. The number of amides is 1. The number of non-ortho nitro benzene ring substituents is 1. The Labute approximate surface area is 128 Å². The molecule has 1 rings (SSSR count). The van der Waals surface area contributed by atoms with E-state index >= 15 is 0 Å². The van der Waals surface area contributed by atoms with Crippen molar-refractivity contribution >= 4 is 43.5 Å². The van der Waals surface area contributed by atoms with E-state index in [4.69, 9.17) is 0 Å². The highest BCUT2D eigenvalue weighted by molar-refractivity contribution is 9.10. The first-order valence-corrected chi connectivity index (χ1v) is 7.39. The molecule has 104 valence electrons. The summed E-state index contributed by atoms with van der Waals surface area (Å²) in [6.45, 7) is 4.54. The molecule has 0 aliphatic heterocycles. The van der Waals surface area contributed by atoms with Gasteiger partial charge in [0.2, 0.25) is 0 Å². The van der Waals surface area contributed by atoms with Crippen LogP contribution in [-0.2, 0) is 0 Å². The minimum atomic E-state index is -0.525. The van der Waals surface area contributed by atoms with Crippen LogP contribution in [0.4, 0.5) is 5.69 Å². The van der Waals surface area contributed by atoms with Crippen molar-refractivity contribution in [1.29, 1.82) is 0 Å². The van der Waals surface area contributed by atoms with Crippen LogP contribution in [0.2, 0.25) is 0 Å². The number of rotatable bonds is 5. The lowest BCUT2D eigenvalue weighted by atomic mass is 10.1. The lowest BCUT2D eigenvalue weighted by molar-refractivity contribution is -0.385. The Morgan fingerprint density at radius 3 is 2.58 bits per heavy atom. The summed E-state index contributed by atoms with van der Waals surface area (Å²) < 4.78 is 0.506. The molecule has 0 radical (unpaired) electrons. The molecule has 0 aliphatic carbocycles. The van der Waals surface area contributed by atoms with Gasteiger partial charge in [-0.3, -0.25) is 14.9 Å². The number of nitro benzene ring substituents is 1. The van der Waals surface area contributed by atoms with Gasteiger partial charge in [-0.15, -0.1) is 0 Å². The first kappa shape index (κ1) is 16.1. The van der Waals surface area contributed by atoms with E-state index in [1.165, 1.54) is 12.1 Å². The molecular formula is C12H14Br2N2O3. The number of halogens is 2. The molecule has 1 aromatic rings. The quantitative estimate of drug-likeness (QED) is 0.472. The standard InChI is InChI=1S/C12H14Br2N2O3/c1-7(2)11(14)6-15-12(17)8-3-9(13)5-10(4-8)16(18)19/h3-5,7,11H,6H2,1-2H3,(H,15,17). The maximum absolute atomic E-state index is 11.9. The first-order valence-electron chi connectivity index (χ1n) is 5.68. The molecule has 1 N–H and O–H groups in total. The predicted octanol–water partition coefficient (Wildman–Crippen LogP) is 3.51. The van der Waals surface area contributed by atoms with E-state index in [2.05, 4.69) is 37.2 Å². The van der Waals surface area contributed by atoms with Crippen LogP contribution in [0.1, 0.15) is 24.2 Å². The smallest absolute Gasteiger partial charge is 0.271 e. The number of nitrogens with zero attached hydrogens (tertiary/aromatic N) is 1. The number of nitro groups is 1. The van der Waals surface area contributed by atoms with Crippen molar-refractivity contribution in [1.82, 2.24) is 5.32 Å². The average molecular weight is 394 g/mol. The average Bonchev–Trinajstić information content (AvgIpc) is 2.34. The summed E-state index contributed by atoms with van der Waals surface area (Å²) in [7, 11) is 0. The molecule has 0 aromatic heterocycles. The van der Waals surface area contributed by atoms with E-state index in [9.17, 15) is 14.9 Å². The number of benzene rings is 1. The topological polar surface area (TPSA) is 72.2 Å². The summed E-state index contributed by atoms with van der Waals surface area (Å²) in [6.07, 6.45) is 0. The molecule has 1 unspecified atom stereocenters. The van der Waals surface area contributed by atoms with E-state index in [1.54, 1.807) is 6.07 Å². The number of nitrogens with one attached hydrogen (secondary N) is 1. The number of carbonyl (C=O) groups is 1. The summed E-state index contributed by atoms with van der Waals surface area (Å²) in [6, 6.07) is 4.18.